The van der Waals surface area contributed by atoms with Gasteiger partial charge in [-0.3, -0.25) is 0 Å². The predicted octanol–water partition coefficient (Wildman–Crippen LogP) is 6.39. The normalized spacial score (nSPS) is 11.1. The number of anilines is 4. The Morgan fingerprint density at radius 3 is 2.16 bits per heavy atom. The van der Waals surface area contributed by atoms with E-state index in [0.29, 0.717) is 44.6 Å². The van der Waals surface area contributed by atoms with Crippen molar-refractivity contribution in [2.45, 2.75) is 13.8 Å². The van der Waals surface area contributed by atoms with E-state index in [1.54, 1.807) is 24.3 Å². The van der Waals surface area contributed by atoms with E-state index in [2.05, 4.69) is 41.2 Å². The van der Waals surface area contributed by atoms with Crippen LogP contribution in [0, 0.1) is 19.7 Å². The van der Waals surface area contributed by atoms with Gasteiger partial charge in [-0.25, -0.2) is 23.6 Å². The fraction of sp³-hybridized carbons (Fsp3) is 0.0667. The van der Waals surface area contributed by atoms with Gasteiger partial charge in [0.05, 0.1) is 32.8 Å². The summed E-state index contributed by atoms with van der Waals surface area (Å²) in [4.78, 5) is 61.7. The van der Waals surface area contributed by atoms with Crippen molar-refractivity contribution in [3.05, 3.63) is 104 Å². The molecule has 2 heterocycles. The summed E-state index contributed by atoms with van der Waals surface area (Å²) in [5.74, 6) is -0.631. The van der Waals surface area contributed by atoms with Crippen LogP contribution in [0.5, 0.6) is 0 Å². The molecule has 12 nitrogen and oxygen atoms in total. The van der Waals surface area contributed by atoms with Crippen LogP contribution in [0.15, 0.2) is 70.3 Å². The Hall–Kier alpha value is -5.82. The van der Waals surface area contributed by atoms with Crippen LogP contribution in [-0.4, -0.2) is 32.0 Å². The highest BCUT2D eigenvalue weighted by Gasteiger charge is 2.20. The number of halogens is 2. The third-order valence-electron chi connectivity index (χ3n) is 7.12. The first-order valence-electron chi connectivity index (χ1n) is 13.2. The zero-order valence-electron chi connectivity index (χ0n) is 23.2. The number of nitrogens with one attached hydrogen (secondary N) is 8. The first kappa shape index (κ1) is 28.3. The van der Waals surface area contributed by atoms with Crippen LogP contribution in [-0.2, 0) is 0 Å². The molecule has 0 saturated carbocycles. The van der Waals surface area contributed by atoms with Gasteiger partial charge in [0.15, 0.2) is 0 Å². The van der Waals surface area contributed by atoms with Gasteiger partial charge in [-0.15, -0.1) is 0 Å². The highest BCUT2D eigenvalue weighted by Crippen LogP contribution is 2.38. The lowest BCUT2D eigenvalue weighted by Crippen LogP contribution is -2.21. The molecule has 6 aromatic rings. The molecule has 0 aliphatic carbocycles. The van der Waals surface area contributed by atoms with Gasteiger partial charge in [0.25, 0.3) is 0 Å². The molecule has 0 fully saturated rings. The lowest BCUT2D eigenvalue weighted by Gasteiger charge is -2.16. The maximum absolute atomic E-state index is 13.6. The van der Waals surface area contributed by atoms with Gasteiger partial charge in [-0.2, -0.15) is 0 Å². The molecule has 0 saturated heterocycles. The lowest BCUT2D eigenvalue weighted by molar-refractivity contribution is 0.261. The molecule has 0 bridgehead atoms. The number of hydrogen-bond donors (Lipinski definition) is 8. The maximum Gasteiger partial charge on any atom is 0.323 e. The summed E-state index contributed by atoms with van der Waals surface area (Å²) in [6.07, 6.45) is 0. The third-order valence-corrected chi connectivity index (χ3v) is 7.41. The average molecular weight is 615 g/mol. The molecule has 4 aromatic carbocycles. The summed E-state index contributed by atoms with van der Waals surface area (Å²) in [5, 5.41) is 10.8. The van der Waals surface area contributed by atoms with E-state index in [0.717, 1.165) is 17.2 Å². The fourth-order valence-electron chi connectivity index (χ4n) is 4.93. The number of aryl methyl sites for hydroxylation is 1. The number of amides is 4. The summed E-state index contributed by atoms with van der Waals surface area (Å²) in [5.41, 5.74) is 4.59. The van der Waals surface area contributed by atoms with Crippen LogP contribution in [0.25, 0.3) is 33.2 Å². The fourth-order valence-corrected chi connectivity index (χ4v) is 5.11. The van der Waals surface area contributed by atoms with Crippen LogP contribution in [0.3, 0.4) is 0 Å². The molecule has 4 amide bonds. The standard InChI is InChI=1S/C30H24ClFN8O4/c1-13-4-3-5-20(14(13)2)35-28(42)36-21-8-9-22-26(40-29(43)37-22)24(21)17-10-16(12-23-25(17)39-30(44)38-23)34-27(41)33-15-6-7-19(32)18(31)11-15/h3-12H,1-2H3,(H2,33,34,41)(H2,35,36,42)(H2,37,40,43)(H2,38,39,44). The van der Waals surface area contributed by atoms with Gasteiger partial charge in [0.1, 0.15) is 5.82 Å². The second-order valence-electron chi connectivity index (χ2n) is 10.0. The first-order chi connectivity index (χ1) is 21.0. The number of urea groups is 2. The van der Waals surface area contributed by atoms with Crippen molar-refractivity contribution < 1.29 is 14.0 Å². The molecule has 0 radical (unpaired) electrons. The Morgan fingerprint density at radius 1 is 0.705 bits per heavy atom. The van der Waals surface area contributed by atoms with E-state index in [4.69, 9.17) is 11.6 Å². The number of rotatable bonds is 5. The highest BCUT2D eigenvalue weighted by atomic mass is 35.5. The summed E-state index contributed by atoms with van der Waals surface area (Å²) < 4.78 is 13.6. The number of carbonyl (C=O) groups excluding carboxylic acids is 2. The SMILES string of the molecule is Cc1cccc(NC(=O)Nc2ccc3[nH]c(=O)[nH]c3c2-c2cc(NC(=O)Nc3ccc(F)c(Cl)c3)cc3[nH]c(=O)[nH]c23)c1C. The van der Waals surface area contributed by atoms with Gasteiger partial charge in [-0.05, 0) is 73.5 Å². The van der Waals surface area contributed by atoms with Crippen molar-refractivity contribution in [2.24, 2.45) is 0 Å². The topological polar surface area (TPSA) is 180 Å². The van der Waals surface area contributed by atoms with Gasteiger partial charge >= 0.3 is 23.4 Å². The Balaban J connectivity index is 1.42. The number of hydrogen-bond acceptors (Lipinski definition) is 4. The molecule has 0 unspecified atom stereocenters. The molecular formula is C30H24ClFN8O4. The second kappa shape index (κ2) is 11.1. The quantitative estimate of drug-likeness (QED) is 0.112. The van der Waals surface area contributed by atoms with E-state index in [-0.39, 0.29) is 16.4 Å². The largest absolute Gasteiger partial charge is 0.323 e. The lowest BCUT2D eigenvalue weighted by atomic mass is 9.99. The number of fused-ring (bicyclic) bond motifs is 2. The maximum atomic E-state index is 13.6. The van der Waals surface area contributed by atoms with Crippen LogP contribution in [0.2, 0.25) is 5.02 Å². The smallest absolute Gasteiger partial charge is 0.308 e. The summed E-state index contributed by atoms with van der Waals surface area (Å²) >= 11 is 5.83. The molecule has 0 spiro atoms. The minimum absolute atomic E-state index is 0.161. The zero-order valence-corrected chi connectivity index (χ0v) is 23.9. The molecule has 222 valence electrons. The summed E-state index contributed by atoms with van der Waals surface area (Å²) in [6, 6.07) is 14.4. The van der Waals surface area contributed by atoms with Crippen molar-refractivity contribution in [1.82, 2.24) is 19.9 Å². The molecule has 14 heteroatoms. The molecule has 0 aliphatic heterocycles. The molecule has 6 rings (SSSR count). The van der Waals surface area contributed by atoms with E-state index < -0.39 is 29.3 Å². The molecule has 0 aliphatic rings. The number of imidazole rings is 2. The van der Waals surface area contributed by atoms with Gasteiger partial charge in [0, 0.05) is 28.2 Å². The minimum Gasteiger partial charge on any atom is -0.308 e. The molecule has 8 N–H and O–H groups in total. The van der Waals surface area contributed by atoms with Gasteiger partial charge in [-0.1, -0.05) is 23.7 Å². The van der Waals surface area contributed by atoms with Crippen molar-refractivity contribution in [3.8, 4) is 11.1 Å². The highest BCUT2D eigenvalue weighted by molar-refractivity contribution is 6.31. The summed E-state index contributed by atoms with van der Waals surface area (Å²) in [6.45, 7) is 3.83. The third kappa shape index (κ3) is 5.51. The number of H-pyrrole nitrogens is 4. The van der Waals surface area contributed by atoms with Crippen LogP contribution >= 0.6 is 11.6 Å². The average Bonchev–Trinajstić information content (AvgIpc) is 3.53. The Morgan fingerprint density at radius 2 is 1.39 bits per heavy atom. The number of carbonyl (C=O) groups is 2. The van der Waals surface area contributed by atoms with Crippen molar-refractivity contribution >= 4 is 68.5 Å². The van der Waals surface area contributed by atoms with E-state index in [1.807, 2.05) is 26.0 Å². The molecule has 0 atom stereocenters. The molecular weight excluding hydrogens is 591 g/mol. The van der Waals surface area contributed by atoms with Crippen molar-refractivity contribution in [1.29, 1.82) is 0 Å². The molecule has 44 heavy (non-hydrogen) atoms. The van der Waals surface area contributed by atoms with Crippen molar-refractivity contribution in [3.63, 3.8) is 0 Å². The number of benzene rings is 4. The number of aromatic nitrogens is 4. The summed E-state index contributed by atoms with van der Waals surface area (Å²) in [7, 11) is 0. The number of aromatic amines is 4. The van der Waals surface area contributed by atoms with E-state index >= 15 is 0 Å². The second-order valence-corrected chi connectivity index (χ2v) is 10.5. The Labute approximate surface area is 252 Å². The monoisotopic (exact) mass is 614 g/mol. The van der Waals surface area contributed by atoms with Crippen LogP contribution in [0.1, 0.15) is 11.1 Å². The van der Waals surface area contributed by atoms with Crippen molar-refractivity contribution in [2.75, 3.05) is 21.3 Å². The van der Waals surface area contributed by atoms with Crippen LogP contribution in [0.4, 0.5) is 36.7 Å². The molecule has 2 aromatic heterocycles. The zero-order chi connectivity index (χ0) is 31.1. The van der Waals surface area contributed by atoms with Crippen LogP contribution < -0.4 is 32.6 Å². The van der Waals surface area contributed by atoms with E-state index in [9.17, 15) is 23.6 Å². The van der Waals surface area contributed by atoms with Gasteiger partial charge < -0.3 is 41.2 Å². The van der Waals surface area contributed by atoms with Gasteiger partial charge in [0.2, 0.25) is 0 Å². The van der Waals surface area contributed by atoms with E-state index in [1.165, 1.54) is 18.2 Å². The Bertz CT molecular complexity index is 2230. The minimum atomic E-state index is -0.671. The first-order valence-corrected chi connectivity index (χ1v) is 13.6. The Kier molecular flexibility index (Phi) is 7.15. The predicted molar refractivity (Wildman–Crippen MR) is 169 cm³/mol.